The summed E-state index contributed by atoms with van der Waals surface area (Å²) in [4.78, 5) is 0. The number of nitrogens with zero attached hydrogens (tertiary/aromatic N) is 3. The molecule has 1 aromatic heterocycles. The fourth-order valence-electron chi connectivity index (χ4n) is 1.78. The van der Waals surface area contributed by atoms with E-state index in [0.29, 0.717) is 0 Å². The van der Waals surface area contributed by atoms with Gasteiger partial charge >= 0.3 is 0 Å². The van der Waals surface area contributed by atoms with Gasteiger partial charge in [-0.1, -0.05) is 31.2 Å². The summed E-state index contributed by atoms with van der Waals surface area (Å²) in [5, 5.41) is 11.6. The molecule has 0 atom stereocenters. The first-order chi connectivity index (χ1) is 8.83. The summed E-state index contributed by atoms with van der Waals surface area (Å²) in [6.45, 7) is 6.10. The lowest BCUT2D eigenvalue weighted by Crippen LogP contribution is -2.13. The standard InChI is InChI=1S/C14H20N4/c1-3-9-15-10-13-11-18(17-16-13)14-7-5-12(4-2)6-8-14/h5-8,11,15H,3-4,9-10H2,1-2H3. The van der Waals surface area contributed by atoms with Gasteiger partial charge in [0.1, 0.15) is 0 Å². The van der Waals surface area contributed by atoms with Crippen molar-refractivity contribution in [3.8, 4) is 5.69 Å². The monoisotopic (exact) mass is 244 g/mol. The Morgan fingerprint density at radius 1 is 1.17 bits per heavy atom. The SMILES string of the molecule is CCCNCc1cn(-c2ccc(CC)cc2)nn1. The van der Waals surface area contributed by atoms with E-state index in [1.807, 2.05) is 10.9 Å². The average molecular weight is 244 g/mol. The Kier molecular flexibility index (Phi) is 4.47. The van der Waals surface area contributed by atoms with Gasteiger partial charge in [0.15, 0.2) is 0 Å². The van der Waals surface area contributed by atoms with E-state index in [2.05, 4.69) is 53.7 Å². The number of aryl methyl sites for hydroxylation is 1. The predicted molar refractivity (Wildman–Crippen MR) is 72.7 cm³/mol. The molecule has 0 spiro atoms. The van der Waals surface area contributed by atoms with Crippen LogP contribution in [0.3, 0.4) is 0 Å². The van der Waals surface area contributed by atoms with E-state index < -0.39 is 0 Å². The predicted octanol–water partition coefficient (Wildman–Crippen LogP) is 2.33. The maximum atomic E-state index is 4.16. The Morgan fingerprint density at radius 3 is 2.61 bits per heavy atom. The van der Waals surface area contributed by atoms with Crippen LogP contribution in [0.15, 0.2) is 30.5 Å². The molecule has 2 rings (SSSR count). The van der Waals surface area contributed by atoms with Gasteiger partial charge < -0.3 is 5.32 Å². The molecule has 1 N–H and O–H groups in total. The van der Waals surface area contributed by atoms with E-state index >= 15 is 0 Å². The molecular formula is C14H20N4. The van der Waals surface area contributed by atoms with Crippen molar-refractivity contribution in [3.05, 3.63) is 41.7 Å². The number of hydrogen-bond acceptors (Lipinski definition) is 3. The molecule has 2 aromatic rings. The van der Waals surface area contributed by atoms with E-state index in [-0.39, 0.29) is 0 Å². The van der Waals surface area contributed by atoms with Gasteiger partial charge in [-0.2, -0.15) is 0 Å². The molecule has 0 bridgehead atoms. The van der Waals surface area contributed by atoms with Gasteiger partial charge in [0.2, 0.25) is 0 Å². The number of benzene rings is 1. The summed E-state index contributed by atoms with van der Waals surface area (Å²) in [5.74, 6) is 0. The van der Waals surface area contributed by atoms with Gasteiger partial charge in [0.25, 0.3) is 0 Å². The maximum absolute atomic E-state index is 4.16. The molecule has 1 aromatic carbocycles. The highest BCUT2D eigenvalue weighted by molar-refractivity contribution is 5.33. The lowest BCUT2D eigenvalue weighted by atomic mass is 10.1. The normalized spacial score (nSPS) is 10.8. The van der Waals surface area contributed by atoms with Crippen LogP contribution in [-0.2, 0) is 13.0 Å². The van der Waals surface area contributed by atoms with Crippen LogP contribution in [-0.4, -0.2) is 21.5 Å². The molecule has 96 valence electrons. The van der Waals surface area contributed by atoms with Gasteiger partial charge in [-0.05, 0) is 37.1 Å². The summed E-state index contributed by atoms with van der Waals surface area (Å²) >= 11 is 0. The highest BCUT2D eigenvalue weighted by atomic mass is 15.4. The molecule has 18 heavy (non-hydrogen) atoms. The Bertz CT molecular complexity index is 473. The fraction of sp³-hybridized carbons (Fsp3) is 0.429. The first-order valence-corrected chi connectivity index (χ1v) is 6.54. The molecule has 0 aliphatic heterocycles. The Labute approximate surface area is 108 Å². The summed E-state index contributed by atoms with van der Waals surface area (Å²) in [5.41, 5.74) is 3.37. The van der Waals surface area contributed by atoms with Gasteiger partial charge in [-0.25, -0.2) is 4.68 Å². The molecule has 4 nitrogen and oxygen atoms in total. The van der Waals surface area contributed by atoms with Crippen LogP contribution in [0, 0.1) is 0 Å². The maximum Gasteiger partial charge on any atom is 0.0969 e. The van der Waals surface area contributed by atoms with Crippen molar-refractivity contribution in [2.45, 2.75) is 33.2 Å². The van der Waals surface area contributed by atoms with Crippen LogP contribution in [0.4, 0.5) is 0 Å². The third-order valence-corrected chi connectivity index (χ3v) is 2.88. The van der Waals surface area contributed by atoms with Crippen LogP contribution in [0.2, 0.25) is 0 Å². The third-order valence-electron chi connectivity index (χ3n) is 2.88. The molecule has 0 aliphatic carbocycles. The van der Waals surface area contributed by atoms with E-state index in [1.165, 1.54) is 5.56 Å². The quantitative estimate of drug-likeness (QED) is 0.793. The second-order valence-corrected chi connectivity index (χ2v) is 4.35. The first kappa shape index (κ1) is 12.8. The minimum atomic E-state index is 0.779. The van der Waals surface area contributed by atoms with Gasteiger partial charge in [0.05, 0.1) is 17.6 Å². The van der Waals surface area contributed by atoms with E-state index in [9.17, 15) is 0 Å². The summed E-state index contributed by atoms with van der Waals surface area (Å²) < 4.78 is 1.82. The van der Waals surface area contributed by atoms with Crippen molar-refractivity contribution < 1.29 is 0 Å². The van der Waals surface area contributed by atoms with Crippen molar-refractivity contribution in [3.63, 3.8) is 0 Å². The zero-order chi connectivity index (χ0) is 12.8. The zero-order valence-electron chi connectivity index (χ0n) is 11.1. The molecule has 0 aliphatic rings. The highest BCUT2D eigenvalue weighted by Gasteiger charge is 2.02. The van der Waals surface area contributed by atoms with Crippen molar-refractivity contribution in [2.24, 2.45) is 0 Å². The van der Waals surface area contributed by atoms with Crippen LogP contribution >= 0.6 is 0 Å². The molecule has 0 amide bonds. The molecule has 0 unspecified atom stereocenters. The summed E-state index contributed by atoms with van der Waals surface area (Å²) in [6.07, 6.45) is 4.17. The molecule has 0 saturated carbocycles. The van der Waals surface area contributed by atoms with Crippen LogP contribution < -0.4 is 5.32 Å². The number of rotatable bonds is 6. The number of nitrogens with one attached hydrogen (secondary N) is 1. The minimum absolute atomic E-state index is 0.779. The zero-order valence-corrected chi connectivity index (χ0v) is 11.1. The lowest BCUT2D eigenvalue weighted by Gasteiger charge is -2.01. The van der Waals surface area contributed by atoms with E-state index in [4.69, 9.17) is 0 Å². The Hall–Kier alpha value is -1.68. The second kappa shape index (κ2) is 6.31. The highest BCUT2D eigenvalue weighted by Crippen LogP contribution is 2.09. The summed E-state index contributed by atoms with van der Waals surface area (Å²) in [6, 6.07) is 8.42. The van der Waals surface area contributed by atoms with E-state index in [0.717, 1.165) is 37.3 Å². The van der Waals surface area contributed by atoms with E-state index in [1.54, 1.807) is 0 Å². The van der Waals surface area contributed by atoms with Gasteiger partial charge in [0, 0.05) is 6.54 Å². The van der Waals surface area contributed by atoms with Crippen molar-refractivity contribution in [1.82, 2.24) is 20.3 Å². The van der Waals surface area contributed by atoms with Crippen molar-refractivity contribution in [1.29, 1.82) is 0 Å². The molecule has 1 heterocycles. The largest absolute Gasteiger partial charge is 0.311 e. The van der Waals surface area contributed by atoms with Crippen LogP contribution in [0.5, 0.6) is 0 Å². The van der Waals surface area contributed by atoms with Crippen LogP contribution in [0.1, 0.15) is 31.5 Å². The van der Waals surface area contributed by atoms with Crippen molar-refractivity contribution in [2.75, 3.05) is 6.54 Å². The third kappa shape index (κ3) is 3.17. The van der Waals surface area contributed by atoms with Gasteiger partial charge in [-0.15, -0.1) is 5.10 Å². The molecule has 0 fully saturated rings. The molecule has 0 radical (unpaired) electrons. The number of aromatic nitrogens is 3. The summed E-state index contributed by atoms with van der Waals surface area (Å²) in [7, 11) is 0. The average Bonchev–Trinajstić information content (AvgIpc) is 2.88. The van der Waals surface area contributed by atoms with Gasteiger partial charge in [-0.3, -0.25) is 0 Å². The lowest BCUT2D eigenvalue weighted by molar-refractivity contribution is 0.662. The Morgan fingerprint density at radius 2 is 1.94 bits per heavy atom. The fourth-order valence-corrected chi connectivity index (χ4v) is 1.78. The first-order valence-electron chi connectivity index (χ1n) is 6.54. The second-order valence-electron chi connectivity index (χ2n) is 4.35. The van der Waals surface area contributed by atoms with Crippen molar-refractivity contribution >= 4 is 0 Å². The Balaban J connectivity index is 2.04. The topological polar surface area (TPSA) is 42.7 Å². The number of hydrogen-bond donors (Lipinski definition) is 1. The molecule has 4 heteroatoms. The smallest absolute Gasteiger partial charge is 0.0969 e. The van der Waals surface area contributed by atoms with Crippen LogP contribution in [0.25, 0.3) is 5.69 Å². The molecule has 0 saturated heterocycles. The minimum Gasteiger partial charge on any atom is -0.311 e. The molecular weight excluding hydrogens is 224 g/mol.